The van der Waals surface area contributed by atoms with Gasteiger partial charge in [0.05, 0.1) is 16.4 Å². The summed E-state index contributed by atoms with van der Waals surface area (Å²) >= 11 is 3.19. The molecule has 1 atom stereocenters. The van der Waals surface area contributed by atoms with Gasteiger partial charge in [-0.25, -0.2) is 21.6 Å². The highest BCUT2D eigenvalue weighted by Crippen LogP contribution is 2.25. The molecule has 10 heteroatoms. The molecule has 0 amide bonds. The molecule has 1 heterocycles. The van der Waals surface area contributed by atoms with E-state index in [1.807, 2.05) is 0 Å². The van der Waals surface area contributed by atoms with Crippen molar-refractivity contribution in [3.63, 3.8) is 0 Å². The third-order valence-electron chi connectivity index (χ3n) is 4.21. The van der Waals surface area contributed by atoms with Crippen molar-refractivity contribution in [1.82, 2.24) is 9.62 Å². The van der Waals surface area contributed by atoms with E-state index in [2.05, 4.69) is 25.6 Å². The lowest BCUT2D eigenvalue weighted by molar-refractivity contribution is 0.141. The molecule has 1 N–H and O–H groups in total. The van der Waals surface area contributed by atoms with Crippen molar-refractivity contribution in [3.8, 4) is 0 Å². The number of halogens is 1. The second kappa shape index (κ2) is 8.45. The van der Waals surface area contributed by atoms with Gasteiger partial charge in [-0.15, -0.1) is 0 Å². The molecule has 1 aliphatic rings. The third-order valence-corrected chi connectivity index (χ3v) is 7.74. The van der Waals surface area contributed by atoms with Crippen molar-refractivity contribution in [2.24, 2.45) is 0 Å². The minimum atomic E-state index is -3.82. The molecule has 2 rings (SSSR count). The first kappa shape index (κ1) is 20.8. The Kier molecular flexibility index (Phi) is 7.02. The van der Waals surface area contributed by atoms with Crippen LogP contribution in [0.2, 0.25) is 0 Å². The summed E-state index contributed by atoms with van der Waals surface area (Å²) in [5, 5.41) is 0. The molecule has 0 spiro atoms. The van der Waals surface area contributed by atoms with Crippen LogP contribution >= 0.6 is 15.9 Å². The van der Waals surface area contributed by atoms with Gasteiger partial charge in [-0.2, -0.15) is 0 Å². The fourth-order valence-electron chi connectivity index (χ4n) is 2.83. The lowest BCUT2D eigenvalue weighted by atomic mass is 10.2. The standard InChI is InChI=1S/C15H23BrN2O5S2/c1-23-9-8-18-7-3-4-12(18)11-17-25(21,22)15-10-13(24(2,19)20)5-6-14(15)16/h5-6,10,12,17H,3-4,7-9,11H2,1-2H3. The van der Waals surface area contributed by atoms with Crippen LogP contribution in [0.25, 0.3) is 0 Å². The van der Waals surface area contributed by atoms with Crippen LogP contribution in [-0.4, -0.2) is 67.4 Å². The normalized spacial score (nSPS) is 19.4. The van der Waals surface area contributed by atoms with E-state index in [0.717, 1.165) is 32.2 Å². The first-order chi connectivity index (χ1) is 11.6. The SMILES string of the molecule is COCCN1CCCC1CNS(=O)(=O)c1cc(S(C)(=O)=O)ccc1Br. The molecule has 1 saturated heterocycles. The molecule has 1 aromatic rings. The maximum atomic E-state index is 12.6. The quantitative estimate of drug-likeness (QED) is 0.634. The fraction of sp³-hybridized carbons (Fsp3) is 0.600. The van der Waals surface area contributed by atoms with E-state index in [1.165, 1.54) is 18.2 Å². The molecule has 0 bridgehead atoms. The van der Waals surface area contributed by atoms with Crippen LogP contribution in [0, 0.1) is 0 Å². The Morgan fingerprint density at radius 2 is 2.04 bits per heavy atom. The largest absolute Gasteiger partial charge is 0.383 e. The zero-order valence-corrected chi connectivity index (χ0v) is 17.5. The molecule has 1 aromatic carbocycles. The summed E-state index contributed by atoms with van der Waals surface area (Å²) in [4.78, 5) is 2.10. The van der Waals surface area contributed by atoms with Crippen LogP contribution in [0.4, 0.5) is 0 Å². The molecule has 0 aromatic heterocycles. The Bertz CT molecular complexity index is 811. The minimum absolute atomic E-state index is 0.0290. The van der Waals surface area contributed by atoms with Crippen molar-refractivity contribution in [1.29, 1.82) is 0 Å². The predicted molar refractivity (Wildman–Crippen MR) is 98.9 cm³/mol. The average Bonchev–Trinajstić information content (AvgIpc) is 2.97. The van der Waals surface area contributed by atoms with Crippen molar-refractivity contribution < 1.29 is 21.6 Å². The van der Waals surface area contributed by atoms with Crippen molar-refractivity contribution >= 4 is 35.8 Å². The molecule has 0 radical (unpaired) electrons. The maximum Gasteiger partial charge on any atom is 0.241 e. The number of benzene rings is 1. The van der Waals surface area contributed by atoms with Crippen LogP contribution in [0.5, 0.6) is 0 Å². The zero-order valence-electron chi connectivity index (χ0n) is 14.2. The number of ether oxygens (including phenoxy) is 1. The van der Waals surface area contributed by atoms with Crippen LogP contribution in [0.1, 0.15) is 12.8 Å². The highest BCUT2D eigenvalue weighted by atomic mass is 79.9. The first-order valence-electron chi connectivity index (χ1n) is 7.87. The van der Waals surface area contributed by atoms with Crippen molar-refractivity contribution in [2.75, 3.05) is 39.6 Å². The van der Waals surface area contributed by atoms with Gasteiger partial charge < -0.3 is 4.74 Å². The molecule has 1 fully saturated rings. The van der Waals surface area contributed by atoms with Crippen LogP contribution in [0.3, 0.4) is 0 Å². The highest BCUT2D eigenvalue weighted by molar-refractivity contribution is 9.10. The van der Waals surface area contributed by atoms with E-state index in [1.54, 1.807) is 7.11 Å². The fourth-order valence-corrected chi connectivity index (χ4v) is 5.62. The van der Waals surface area contributed by atoms with Gasteiger partial charge in [-0.05, 0) is 53.5 Å². The number of rotatable bonds is 8. The van der Waals surface area contributed by atoms with Gasteiger partial charge in [0.15, 0.2) is 9.84 Å². The summed E-state index contributed by atoms with van der Waals surface area (Å²) in [5.41, 5.74) is 0. The molecule has 142 valence electrons. The predicted octanol–water partition coefficient (Wildman–Crippen LogP) is 1.24. The lowest BCUT2D eigenvalue weighted by Gasteiger charge is -2.24. The molecular formula is C15H23BrN2O5S2. The average molecular weight is 455 g/mol. The van der Waals surface area contributed by atoms with E-state index in [-0.39, 0.29) is 22.4 Å². The van der Waals surface area contributed by atoms with Gasteiger partial charge in [0.25, 0.3) is 0 Å². The third kappa shape index (κ3) is 5.48. The molecule has 7 nitrogen and oxygen atoms in total. The molecular weight excluding hydrogens is 432 g/mol. The zero-order chi connectivity index (χ0) is 18.7. The van der Waals surface area contributed by atoms with Gasteiger partial charge in [-0.1, -0.05) is 0 Å². The number of hydrogen-bond donors (Lipinski definition) is 1. The van der Waals surface area contributed by atoms with Gasteiger partial charge in [0.2, 0.25) is 10.0 Å². The van der Waals surface area contributed by atoms with E-state index in [4.69, 9.17) is 4.74 Å². The summed E-state index contributed by atoms with van der Waals surface area (Å²) in [6, 6.07) is 4.11. The van der Waals surface area contributed by atoms with E-state index in [9.17, 15) is 16.8 Å². The van der Waals surface area contributed by atoms with E-state index >= 15 is 0 Å². The number of methoxy groups -OCH3 is 1. The van der Waals surface area contributed by atoms with E-state index in [0.29, 0.717) is 11.1 Å². The number of nitrogens with zero attached hydrogens (tertiary/aromatic N) is 1. The van der Waals surface area contributed by atoms with Crippen LogP contribution in [-0.2, 0) is 24.6 Å². The summed E-state index contributed by atoms with van der Waals surface area (Å²) in [5.74, 6) is 0. The second-order valence-electron chi connectivity index (χ2n) is 6.04. The summed E-state index contributed by atoms with van der Waals surface area (Å²) in [6.07, 6.45) is 2.98. The summed E-state index contributed by atoms with van der Waals surface area (Å²) < 4.78 is 56.7. The first-order valence-corrected chi connectivity index (χ1v) is 12.0. The van der Waals surface area contributed by atoms with Crippen molar-refractivity contribution in [2.45, 2.75) is 28.7 Å². The number of likely N-dealkylation sites (tertiary alicyclic amines) is 1. The molecule has 25 heavy (non-hydrogen) atoms. The molecule has 1 unspecified atom stereocenters. The summed E-state index contributed by atoms with van der Waals surface area (Å²) in [6.45, 7) is 2.56. The topological polar surface area (TPSA) is 92.8 Å². The lowest BCUT2D eigenvalue weighted by Crippen LogP contribution is -2.41. The number of sulfone groups is 1. The Hall–Kier alpha value is -0.520. The van der Waals surface area contributed by atoms with Crippen LogP contribution < -0.4 is 4.72 Å². The van der Waals surface area contributed by atoms with Gasteiger partial charge in [-0.3, -0.25) is 4.90 Å². The Labute approximate surface area is 157 Å². The number of nitrogens with one attached hydrogen (secondary N) is 1. The smallest absolute Gasteiger partial charge is 0.241 e. The van der Waals surface area contributed by atoms with Gasteiger partial charge >= 0.3 is 0 Å². The monoisotopic (exact) mass is 454 g/mol. The Balaban J connectivity index is 2.14. The molecule has 1 aliphatic heterocycles. The minimum Gasteiger partial charge on any atom is -0.383 e. The molecule has 0 saturated carbocycles. The number of sulfonamides is 1. The van der Waals surface area contributed by atoms with E-state index < -0.39 is 19.9 Å². The summed E-state index contributed by atoms with van der Waals surface area (Å²) in [7, 11) is -5.67. The van der Waals surface area contributed by atoms with Crippen molar-refractivity contribution in [3.05, 3.63) is 22.7 Å². The Morgan fingerprint density at radius 3 is 2.68 bits per heavy atom. The number of hydrogen-bond acceptors (Lipinski definition) is 6. The second-order valence-corrected chi connectivity index (χ2v) is 10.6. The van der Waals surface area contributed by atoms with Crippen LogP contribution in [0.15, 0.2) is 32.5 Å². The van der Waals surface area contributed by atoms with Gasteiger partial charge in [0, 0.05) is 37.0 Å². The Morgan fingerprint density at radius 1 is 1.32 bits per heavy atom. The van der Waals surface area contributed by atoms with Gasteiger partial charge in [0.1, 0.15) is 0 Å². The highest BCUT2D eigenvalue weighted by Gasteiger charge is 2.27. The molecule has 0 aliphatic carbocycles. The maximum absolute atomic E-state index is 12.6.